The van der Waals surface area contributed by atoms with Gasteiger partial charge in [0.25, 0.3) is 0 Å². The Hall–Kier alpha value is -2.65. The lowest BCUT2D eigenvalue weighted by Gasteiger charge is -2.27. The van der Waals surface area contributed by atoms with Gasteiger partial charge in [0, 0.05) is 5.92 Å². The molecule has 0 heterocycles. The minimum Gasteiger partial charge on any atom is -0.480 e. The van der Waals surface area contributed by atoms with Crippen LogP contribution >= 0.6 is 0 Å². The number of aliphatic carboxylic acids is 1. The van der Waals surface area contributed by atoms with Crippen LogP contribution in [0.25, 0.3) is 0 Å². The molecule has 5 unspecified atom stereocenters. The van der Waals surface area contributed by atoms with Crippen molar-refractivity contribution in [3.8, 4) is 0 Å². The Balaban J connectivity index is 5.87. The highest BCUT2D eigenvalue weighted by molar-refractivity contribution is 5.95. The largest absolute Gasteiger partial charge is 0.480 e. The molecule has 0 aromatic carbocycles. The molecule has 0 fully saturated rings. The lowest BCUT2D eigenvalue weighted by Crippen LogP contribution is -2.58. The summed E-state index contributed by atoms with van der Waals surface area (Å²) in [7, 11) is 0. The zero-order valence-corrected chi connectivity index (χ0v) is 30.0. The third kappa shape index (κ3) is 19.8. The van der Waals surface area contributed by atoms with Crippen molar-refractivity contribution in [2.45, 2.75) is 194 Å². The van der Waals surface area contributed by atoms with E-state index in [1.807, 2.05) is 20.8 Å². The van der Waals surface area contributed by atoms with Crippen molar-refractivity contribution in [3.63, 3.8) is 0 Å². The lowest BCUT2D eigenvalue weighted by molar-refractivity contribution is -0.142. The molecule has 10 nitrogen and oxygen atoms in total. The fourth-order valence-corrected chi connectivity index (χ4v) is 5.42. The number of hydrogen-bond acceptors (Lipinski definition) is 5. The lowest BCUT2D eigenvalue weighted by atomic mass is 10.0. The summed E-state index contributed by atoms with van der Waals surface area (Å²) in [6, 6.07) is -3.58. The fourth-order valence-electron chi connectivity index (χ4n) is 5.42. The van der Waals surface area contributed by atoms with Gasteiger partial charge < -0.3 is 26.4 Å². The maximum absolute atomic E-state index is 13.7. The van der Waals surface area contributed by atoms with Crippen LogP contribution in [0, 0.1) is 5.92 Å². The van der Waals surface area contributed by atoms with E-state index in [0.717, 1.165) is 83.5 Å². The fraction of sp³-hybridized carbons (Fsp3) is 0.861. The van der Waals surface area contributed by atoms with Crippen molar-refractivity contribution in [2.75, 3.05) is 0 Å². The molecule has 5 atom stereocenters. The number of hydrogen-bond donors (Lipinski definition) is 5. The number of nitrogens with one attached hydrogen (secondary N) is 4. The van der Waals surface area contributed by atoms with E-state index in [2.05, 4.69) is 42.0 Å². The highest BCUT2D eigenvalue weighted by Gasteiger charge is 2.31. The van der Waals surface area contributed by atoms with E-state index in [1.54, 1.807) is 0 Å². The second kappa shape index (κ2) is 27.5. The number of rotatable bonds is 29. The average Bonchev–Trinajstić information content (AvgIpc) is 3.02. The van der Waals surface area contributed by atoms with E-state index in [1.165, 1.54) is 0 Å². The number of carboxylic acid groups (broad SMARTS) is 1. The van der Waals surface area contributed by atoms with E-state index in [4.69, 9.17) is 0 Å². The van der Waals surface area contributed by atoms with E-state index in [9.17, 15) is 29.1 Å². The Kier molecular flexibility index (Phi) is 25.9. The van der Waals surface area contributed by atoms with Gasteiger partial charge in [0.15, 0.2) is 0 Å². The van der Waals surface area contributed by atoms with Crippen molar-refractivity contribution >= 4 is 29.6 Å². The van der Waals surface area contributed by atoms with Crippen molar-refractivity contribution in [1.29, 1.82) is 0 Å². The predicted molar refractivity (Wildman–Crippen MR) is 185 cm³/mol. The molecule has 0 aromatic heterocycles. The molecule has 10 heteroatoms. The van der Waals surface area contributed by atoms with Crippen molar-refractivity contribution in [2.24, 2.45) is 5.92 Å². The standard InChI is InChI=1S/C36H68N4O6/c1-7-12-17-22-27(6)32(41)37-28(23-18-13-8-2)33(42)38-29(24-19-14-9-3)34(43)39-30(25-20-15-10-4)35(44)40-31(36(45)46)26-21-16-11-5/h27-31H,7-26H2,1-6H3,(H,37,41)(H,38,42)(H,39,43)(H,40,44)(H,45,46). The Morgan fingerprint density at radius 2 is 0.674 bits per heavy atom. The molecule has 0 bridgehead atoms. The molecule has 0 rings (SSSR count). The molecular formula is C36H68N4O6. The van der Waals surface area contributed by atoms with Gasteiger partial charge in [0.2, 0.25) is 23.6 Å². The molecule has 268 valence electrons. The van der Waals surface area contributed by atoms with E-state index in [0.29, 0.717) is 44.9 Å². The maximum Gasteiger partial charge on any atom is 0.326 e. The average molecular weight is 653 g/mol. The van der Waals surface area contributed by atoms with E-state index >= 15 is 0 Å². The second-order valence-corrected chi connectivity index (χ2v) is 13.0. The maximum atomic E-state index is 13.7. The first-order valence-corrected chi connectivity index (χ1v) is 18.5. The first kappa shape index (κ1) is 43.4. The summed E-state index contributed by atoms with van der Waals surface area (Å²) in [5.41, 5.74) is 0. The molecule has 5 N–H and O–H groups in total. The molecule has 0 aromatic rings. The third-order valence-electron chi connectivity index (χ3n) is 8.59. The van der Waals surface area contributed by atoms with Gasteiger partial charge in [0.1, 0.15) is 24.2 Å². The Morgan fingerprint density at radius 1 is 0.413 bits per heavy atom. The van der Waals surface area contributed by atoms with E-state index < -0.39 is 47.9 Å². The van der Waals surface area contributed by atoms with Crippen LogP contribution in [0.2, 0.25) is 0 Å². The van der Waals surface area contributed by atoms with Crippen molar-refractivity contribution in [3.05, 3.63) is 0 Å². The van der Waals surface area contributed by atoms with Gasteiger partial charge >= 0.3 is 5.97 Å². The molecule has 0 saturated heterocycles. The van der Waals surface area contributed by atoms with Crippen LogP contribution in [-0.4, -0.2) is 58.9 Å². The van der Waals surface area contributed by atoms with Gasteiger partial charge in [-0.3, -0.25) is 19.2 Å². The summed E-state index contributed by atoms with van der Waals surface area (Å²) < 4.78 is 0. The molecule has 0 saturated carbocycles. The molecular weight excluding hydrogens is 584 g/mol. The number of carbonyl (C=O) groups is 5. The molecule has 0 aliphatic carbocycles. The Morgan fingerprint density at radius 3 is 0.978 bits per heavy atom. The second-order valence-electron chi connectivity index (χ2n) is 13.0. The summed E-state index contributed by atoms with van der Waals surface area (Å²) in [5, 5.41) is 21.1. The Labute approximate surface area is 279 Å². The number of unbranched alkanes of at least 4 members (excludes halogenated alkanes) is 10. The first-order chi connectivity index (χ1) is 22.1. The van der Waals surface area contributed by atoms with Crippen LogP contribution in [0.15, 0.2) is 0 Å². The minimum atomic E-state index is -1.09. The zero-order chi connectivity index (χ0) is 34.7. The van der Waals surface area contributed by atoms with Gasteiger partial charge in [-0.15, -0.1) is 0 Å². The first-order valence-electron chi connectivity index (χ1n) is 18.5. The predicted octanol–water partition coefficient (Wildman–Crippen LogP) is 6.55. The van der Waals surface area contributed by atoms with Gasteiger partial charge in [0.05, 0.1) is 0 Å². The summed E-state index contributed by atoms with van der Waals surface area (Å²) in [6.45, 7) is 12.2. The Bertz CT molecular complexity index is 867. The third-order valence-corrected chi connectivity index (χ3v) is 8.59. The number of amides is 4. The van der Waals surface area contributed by atoms with Crippen molar-refractivity contribution < 1.29 is 29.1 Å². The van der Waals surface area contributed by atoms with Gasteiger partial charge in [-0.05, 0) is 32.1 Å². The highest BCUT2D eigenvalue weighted by Crippen LogP contribution is 2.13. The molecule has 0 radical (unpaired) electrons. The van der Waals surface area contributed by atoms with Crippen LogP contribution < -0.4 is 21.3 Å². The van der Waals surface area contributed by atoms with Crippen LogP contribution in [0.1, 0.15) is 170 Å². The summed E-state index contributed by atoms with van der Waals surface area (Å²) in [4.78, 5) is 65.6. The minimum absolute atomic E-state index is 0.153. The topological polar surface area (TPSA) is 154 Å². The van der Waals surface area contributed by atoms with Crippen LogP contribution in [0.4, 0.5) is 0 Å². The summed E-state index contributed by atoms with van der Waals surface area (Å²) in [6.07, 6.45) is 15.6. The highest BCUT2D eigenvalue weighted by atomic mass is 16.4. The SMILES string of the molecule is CCCCCC(C)C(=O)NC(CCCCC)C(=O)NC(CCCCC)C(=O)NC(CCCCC)C(=O)NC(CCCCC)C(=O)O. The quantitative estimate of drug-likeness (QED) is 0.0578. The van der Waals surface area contributed by atoms with Crippen molar-refractivity contribution in [1.82, 2.24) is 21.3 Å². The molecule has 4 amide bonds. The molecule has 0 spiro atoms. The molecule has 0 aliphatic heterocycles. The molecule has 46 heavy (non-hydrogen) atoms. The summed E-state index contributed by atoms with van der Waals surface area (Å²) >= 11 is 0. The van der Waals surface area contributed by atoms with Crippen LogP contribution in [-0.2, 0) is 24.0 Å². The van der Waals surface area contributed by atoms with Gasteiger partial charge in [-0.2, -0.15) is 0 Å². The normalized spacial score (nSPS) is 14.4. The number of carbonyl (C=O) groups excluding carboxylic acids is 4. The zero-order valence-electron chi connectivity index (χ0n) is 30.0. The molecule has 0 aliphatic rings. The van der Waals surface area contributed by atoms with Gasteiger partial charge in [-0.25, -0.2) is 4.79 Å². The van der Waals surface area contributed by atoms with Gasteiger partial charge in [-0.1, -0.05) is 138 Å². The smallest absolute Gasteiger partial charge is 0.326 e. The monoisotopic (exact) mass is 653 g/mol. The number of carboxylic acids is 1. The van der Waals surface area contributed by atoms with Crippen LogP contribution in [0.3, 0.4) is 0 Å². The van der Waals surface area contributed by atoms with Crippen LogP contribution in [0.5, 0.6) is 0 Å². The summed E-state index contributed by atoms with van der Waals surface area (Å²) in [5.74, 6) is -2.84. The van der Waals surface area contributed by atoms with E-state index in [-0.39, 0.29) is 11.8 Å².